The van der Waals surface area contributed by atoms with Crippen molar-refractivity contribution in [3.05, 3.63) is 34.1 Å². The molecule has 0 amide bonds. The lowest BCUT2D eigenvalue weighted by Gasteiger charge is -2.27. The maximum absolute atomic E-state index is 4.42. The van der Waals surface area contributed by atoms with Crippen molar-refractivity contribution in [1.29, 1.82) is 0 Å². The largest absolute Gasteiger partial charge is 0.310 e. The number of hydrogen-bond donors (Lipinski definition) is 1. The van der Waals surface area contributed by atoms with Crippen LogP contribution in [0.3, 0.4) is 0 Å². The third kappa shape index (κ3) is 2.06. The summed E-state index contributed by atoms with van der Waals surface area (Å²) in [7, 11) is 0. The van der Waals surface area contributed by atoms with Crippen molar-refractivity contribution in [2.75, 3.05) is 6.54 Å². The summed E-state index contributed by atoms with van der Waals surface area (Å²) in [5.41, 5.74) is 3.96. The van der Waals surface area contributed by atoms with E-state index in [2.05, 4.69) is 45.3 Å². The summed E-state index contributed by atoms with van der Waals surface area (Å²) in [6.07, 6.45) is 8.26. The lowest BCUT2D eigenvalue weighted by molar-refractivity contribution is 0.470. The van der Waals surface area contributed by atoms with Gasteiger partial charge in [-0.25, -0.2) is 4.98 Å². The normalized spacial score (nSPS) is 27.8. The molecule has 1 N–H and O–H groups in total. The van der Waals surface area contributed by atoms with Crippen LogP contribution in [0.15, 0.2) is 22.9 Å². The van der Waals surface area contributed by atoms with Gasteiger partial charge in [0.05, 0.1) is 0 Å². The highest BCUT2D eigenvalue weighted by atomic mass is 79.9. The van der Waals surface area contributed by atoms with E-state index >= 15 is 0 Å². The van der Waals surface area contributed by atoms with E-state index in [9.17, 15) is 0 Å². The standard InChI is InChI=1S/C14H17BrN2/c1-9-7-11(8-17-14(9)15)12-4-2-3-10-5-6-16-13(10)12/h4,7-8,10,13,16H,2-3,5-6H2,1H3/t10-,13+/m1/s1. The molecule has 2 aliphatic rings. The van der Waals surface area contributed by atoms with Crippen LogP contribution in [0.4, 0.5) is 0 Å². The maximum atomic E-state index is 4.42. The van der Waals surface area contributed by atoms with Crippen molar-refractivity contribution in [3.63, 3.8) is 0 Å². The molecule has 2 heterocycles. The number of aromatic nitrogens is 1. The number of aryl methyl sites for hydroxylation is 1. The number of hydrogen-bond acceptors (Lipinski definition) is 2. The van der Waals surface area contributed by atoms with Crippen molar-refractivity contribution in [3.8, 4) is 0 Å². The second-order valence-electron chi connectivity index (χ2n) is 5.05. The Hall–Kier alpha value is -0.670. The van der Waals surface area contributed by atoms with Crippen LogP contribution < -0.4 is 5.32 Å². The van der Waals surface area contributed by atoms with Gasteiger partial charge in [-0.05, 0) is 77.3 Å². The Morgan fingerprint density at radius 1 is 1.41 bits per heavy atom. The molecule has 0 radical (unpaired) electrons. The highest BCUT2D eigenvalue weighted by Crippen LogP contribution is 2.36. The van der Waals surface area contributed by atoms with Gasteiger partial charge < -0.3 is 5.32 Å². The Bertz CT molecular complexity index is 467. The zero-order valence-corrected chi connectivity index (χ0v) is 11.6. The van der Waals surface area contributed by atoms with E-state index < -0.39 is 0 Å². The number of nitrogens with zero attached hydrogens (tertiary/aromatic N) is 1. The summed E-state index contributed by atoms with van der Waals surface area (Å²) >= 11 is 3.46. The number of fused-ring (bicyclic) bond motifs is 1. The van der Waals surface area contributed by atoms with Crippen molar-refractivity contribution in [2.24, 2.45) is 5.92 Å². The van der Waals surface area contributed by atoms with Crippen LogP contribution in [0.1, 0.15) is 30.4 Å². The Morgan fingerprint density at radius 2 is 2.29 bits per heavy atom. The van der Waals surface area contributed by atoms with E-state index in [0.29, 0.717) is 6.04 Å². The van der Waals surface area contributed by atoms with E-state index in [1.54, 1.807) is 0 Å². The smallest absolute Gasteiger partial charge is 0.109 e. The van der Waals surface area contributed by atoms with Gasteiger partial charge >= 0.3 is 0 Å². The Kier molecular flexibility index (Phi) is 3.05. The van der Waals surface area contributed by atoms with Crippen LogP contribution in [0.2, 0.25) is 0 Å². The van der Waals surface area contributed by atoms with Gasteiger partial charge in [0.1, 0.15) is 4.60 Å². The number of pyridine rings is 1. The quantitative estimate of drug-likeness (QED) is 0.804. The molecule has 1 aliphatic carbocycles. The molecular formula is C14H17BrN2. The minimum Gasteiger partial charge on any atom is -0.310 e. The molecule has 2 nitrogen and oxygen atoms in total. The summed E-state index contributed by atoms with van der Waals surface area (Å²) in [6, 6.07) is 2.80. The van der Waals surface area contributed by atoms with Crippen molar-refractivity contribution in [2.45, 2.75) is 32.2 Å². The van der Waals surface area contributed by atoms with Crippen LogP contribution >= 0.6 is 15.9 Å². The van der Waals surface area contributed by atoms with E-state index in [-0.39, 0.29) is 0 Å². The summed E-state index contributed by atoms with van der Waals surface area (Å²) in [5, 5.41) is 3.63. The predicted molar refractivity (Wildman–Crippen MR) is 73.8 cm³/mol. The molecular weight excluding hydrogens is 276 g/mol. The summed E-state index contributed by atoms with van der Waals surface area (Å²) in [5.74, 6) is 0.832. The summed E-state index contributed by atoms with van der Waals surface area (Å²) < 4.78 is 0.952. The van der Waals surface area contributed by atoms with Crippen LogP contribution in [0.5, 0.6) is 0 Å². The first-order chi connectivity index (χ1) is 8.25. The first-order valence-corrected chi connectivity index (χ1v) is 7.11. The third-order valence-corrected chi connectivity index (χ3v) is 4.77. The fourth-order valence-corrected chi connectivity index (χ4v) is 3.24. The molecule has 1 fully saturated rings. The van der Waals surface area contributed by atoms with E-state index in [1.807, 2.05) is 6.20 Å². The SMILES string of the molecule is Cc1cc(C2=CCC[C@@H]3CCN[C@H]23)cnc1Br. The van der Waals surface area contributed by atoms with Gasteiger partial charge in [0.15, 0.2) is 0 Å². The first-order valence-electron chi connectivity index (χ1n) is 6.31. The van der Waals surface area contributed by atoms with Gasteiger partial charge in [-0.15, -0.1) is 0 Å². The third-order valence-electron chi connectivity index (χ3n) is 3.94. The summed E-state index contributed by atoms with van der Waals surface area (Å²) in [6.45, 7) is 3.26. The van der Waals surface area contributed by atoms with E-state index in [1.165, 1.54) is 36.0 Å². The van der Waals surface area contributed by atoms with Gasteiger partial charge in [-0.2, -0.15) is 0 Å². The van der Waals surface area contributed by atoms with Crippen molar-refractivity contribution >= 4 is 21.5 Å². The molecule has 1 saturated heterocycles. The predicted octanol–water partition coefficient (Wildman–Crippen LogP) is 3.31. The summed E-state index contributed by atoms with van der Waals surface area (Å²) in [4.78, 5) is 4.42. The number of nitrogens with one attached hydrogen (secondary N) is 1. The highest BCUT2D eigenvalue weighted by molar-refractivity contribution is 9.10. The molecule has 0 spiro atoms. The van der Waals surface area contributed by atoms with Crippen LogP contribution in [-0.2, 0) is 0 Å². The van der Waals surface area contributed by atoms with Gasteiger partial charge in [0.2, 0.25) is 0 Å². The van der Waals surface area contributed by atoms with Crippen molar-refractivity contribution in [1.82, 2.24) is 10.3 Å². The molecule has 0 saturated carbocycles. The number of halogens is 1. The monoisotopic (exact) mass is 292 g/mol. The van der Waals surface area contributed by atoms with E-state index in [0.717, 1.165) is 17.1 Å². The molecule has 1 aromatic rings. The number of rotatable bonds is 1. The Labute approximate surface area is 111 Å². The lowest BCUT2D eigenvalue weighted by atomic mass is 9.82. The molecule has 0 bridgehead atoms. The zero-order chi connectivity index (χ0) is 11.8. The lowest BCUT2D eigenvalue weighted by Crippen LogP contribution is -2.30. The van der Waals surface area contributed by atoms with Crippen LogP contribution in [-0.4, -0.2) is 17.6 Å². The highest BCUT2D eigenvalue weighted by Gasteiger charge is 2.32. The first kappa shape index (κ1) is 11.4. The van der Waals surface area contributed by atoms with Crippen LogP contribution in [0, 0.1) is 12.8 Å². The van der Waals surface area contributed by atoms with Gasteiger partial charge in [0.25, 0.3) is 0 Å². The molecule has 1 aliphatic heterocycles. The molecule has 3 heteroatoms. The zero-order valence-electron chi connectivity index (χ0n) is 10.0. The van der Waals surface area contributed by atoms with Crippen LogP contribution in [0.25, 0.3) is 5.57 Å². The topological polar surface area (TPSA) is 24.9 Å². The van der Waals surface area contributed by atoms with Gasteiger partial charge in [-0.1, -0.05) is 6.08 Å². The van der Waals surface area contributed by atoms with E-state index in [4.69, 9.17) is 0 Å². The van der Waals surface area contributed by atoms with Gasteiger partial charge in [0, 0.05) is 12.2 Å². The molecule has 1 aromatic heterocycles. The average molecular weight is 293 g/mol. The molecule has 0 unspecified atom stereocenters. The molecule has 90 valence electrons. The second kappa shape index (κ2) is 4.54. The second-order valence-corrected chi connectivity index (χ2v) is 5.80. The molecule has 3 rings (SSSR count). The van der Waals surface area contributed by atoms with Crippen molar-refractivity contribution < 1.29 is 0 Å². The number of allylic oxidation sites excluding steroid dienone is 1. The fourth-order valence-electron chi connectivity index (χ4n) is 3.03. The molecule has 17 heavy (non-hydrogen) atoms. The molecule has 0 aromatic carbocycles. The van der Waals surface area contributed by atoms with Gasteiger partial charge in [-0.3, -0.25) is 0 Å². The fraction of sp³-hybridized carbons (Fsp3) is 0.500. The molecule has 2 atom stereocenters. The Morgan fingerprint density at radius 3 is 3.12 bits per heavy atom. The average Bonchev–Trinajstić information content (AvgIpc) is 2.80. The minimum atomic E-state index is 0.561. The Balaban J connectivity index is 1.97. The maximum Gasteiger partial charge on any atom is 0.109 e. The minimum absolute atomic E-state index is 0.561.